The zero-order valence-electron chi connectivity index (χ0n) is 22.1. The van der Waals surface area contributed by atoms with Crippen LogP contribution in [0.15, 0.2) is 48.8 Å². The predicted molar refractivity (Wildman–Crippen MR) is 142 cm³/mol. The highest BCUT2D eigenvalue weighted by atomic mass is 16.5. The first kappa shape index (κ1) is 31.2. The number of unbranched alkanes of at least 4 members (excludes halogenated alkanes) is 2. The van der Waals surface area contributed by atoms with Crippen molar-refractivity contribution in [2.75, 3.05) is 6.61 Å². The van der Waals surface area contributed by atoms with Crippen LogP contribution in [0.4, 0.5) is 0 Å². The first-order chi connectivity index (χ1) is 14.9. The molecule has 2 heterocycles. The van der Waals surface area contributed by atoms with E-state index >= 15 is 0 Å². The maximum absolute atomic E-state index is 5.72. The van der Waals surface area contributed by atoms with E-state index in [1.54, 1.807) is 0 Å². The number of aryl methyl sites for hydroxylation is 1. The van der Waals surface area contributed by atoms with E-state index in [2.05, 4.69) is 76.6 Å². The summed E-state index contributed by atoms with van der Waals surface area (Å²) in [5, 5.41) is 0. The molecule has 2 aromatic rings. The van der Waals surface area contributed by atoms with Crippen LogP contribution in [0.5, 0.6) is 5.75 Å². The van der Waals surface area contributed by atoms with Gasteiger partial charge in [0.1, 0.15) is 5.75 Å². The number of rotatable bonds is 4. The van der Waals surface area contributed by atoms with Gasteiger partial charge in [-0.1, -0.05) is 90.5 Å². The Morgan fingerprint density at radius 2 is 1.65 bits per heavy atom. The summed E-state index contributed by atoms with van der Waals surface area (Å²) < 4.78 is 5.72. The number of aromatic amines is 1. The Kier molecular flexibility index (Phi) is 21.4. The lowest BCUT2D eigenvalue weighted by Crippen LogP contribution is -2.16. The van der Waals surface area contributed by atoms with Gasteiger partial charge in [0.2, 0.25) is 0 Å². The summed E-state index contributed by atoms with van der Waals surface area (Å²) >= 11 is 0. The number of fused-ring (bicyclic) bond motifs is 1. The number of H-pyrrole nitrogens is 1. The highest BCUT2D eigenvalue weighted by Crippen LogP contribution is 2.36. The van der Waals surface area contributed by atoms with Crippen LogP contribution in [-0.4, -0.2) is 11.6 Å². The Bertz CT molecular complexity index is 637. The average molecular weight is 430 g/mol. The van der Waals surface area contributed by atoms with Gasteiger partial charge >= 0.3 is 0 Å². The van der Waals surface area contributed by atoms with Crippen molar-refractivity contribution in [3.8, 4) is 5.75 Å². The monoisotopic (exact) mass is 429 g/mol. The molecule has 31 heavy (non-hydrogen) atoms. The second-order valence-corrected chi connectivity index (χ2v) is 8.07. The van der Waals surface area contributed by atoms with Crippen LogP contribution in [0.1, 0.15) is 110 Å². The van der Waals surface area contributed by atoms with E-state index in [1.807, 2.05) is 33.9 Å². The van der Waals surface area contributed by atoms with Crippen molar-refractivity contribution in [2.24, 2.45) is 0 Å². The Hall–Kier alpha value is -1.96. The molecule has 2 heteroatoms. The Labute approximate surface area is 194 Å². The van der Waals surface area contributed by atoms with E-state index in [-0.39, 0.29) is 0 Å². The van der Waals surface area contributed by atoms with Crippen molar-refractivity contribution in [2.45, 2.75) is 107 Å². The fourth-order valence-corrected chi connectivity index (χ4v) is 2.92. The summed E-state index contributed by atoms with van der Waals surface area (Å²) in [6, 6.07) is 8.65. The van der Waals surface area contributed by atoms with Crippen molar-refractivity contribution in [1.82, 2.24) is 4.98 Å². The quantitative estimate of drug-likeness (QED) is 0.481. The minimum Gasteiger partial charge on any atom is -0.493 e. The molecule has 1 aromatic carbocycles. The Morgan fingerprint density at radius 1 is 1.06 bits per heavy atom. The zero-order chi connectivity index (χ0) is 24.1. The summed E-state index contributed by atoms with van der Waals surface area (Å²) in [5.74, 6) is 1.66. The van der Waals surface area contributed by atoms with Gasteiger partial charge in [0.25, 0.3) is 0 Å². The number of hydrogen-bond donors (Lipinski definition) is 1. The third-order valence-corrected chi connectivity index (χ3v) is 4.18. The van der Waals surface area contributed by atoms with Gasteiger partial charge < -0.3 is 9.72 Å². The normalized spacial score (nSPS) is 13.1. The van der Waals surface area contributed by atoms with Gasteiger partial charge in [-0.3, -0.25) is 0 Å². The lowest BCUT2D eigenvalue weighted by atomic mass is 9.87. The maximum Gasteiger partial charge on any atom is 0.122 e. The van der Waals surface area contributed by atoms with Gasteiger partial charge in [0.05, 0.1) is 6.61 Å². The molecule has 1 aliphatic heterocycles. The largest absolute Gasteiger partial charge is 0.493 e. The van der Waals surface area contributed by atoms with Crippen molar-refractivity contribution in [3.05, 3.63) is 65.5 Å². The molecule has 0 radical (unpaired) electrons. The molecule has 0 amide bonds. The SMILES string of the molecule is C=C(C)C.CC.CCC.CCCCC.Cc1ccc2c(c1)C(Cc1cc[nH]c1)CCO2. The number of aromatic nitrogens is 1. The summed E-state index contributed by atoms with van der Waals surface area (Å²) in [7, 11) is 0. The average Bonchev–Trinajstić information content (AvgIpc) is 3.24. The molecule has 0 bridgehead atoms. The minimum atomic E-state index is 0.592. The van der Waals surface area contributed by atoms with Gasteiger partial charge in [0, 0.05) is 12.4 Å². The molecule has 1 atom stereocenters. The highest BCUT2D eigenvalue weighted by molar-refractivity contribution is 5.41. The van der Waals surface area contributed by atoms with Gasteiger partial charge in [-0.15, -0.1) is 6.58 Å². The molecule has 2 nitrogen and oxygen atoms in total. The predicted octanol–water partition coefficient (Wildman–Crippen LogP) is 9.65. The topological polar surface area (TPSA) is 25.0 Å². The van der Waals surface area contributed by atoms with E-state index in [4.69, 9.17) is 4.74 Å². The molecule has 0 aliphatic carbocycles. The zero-order valence-corrected chi connectivity index (χ0v) is 22.1. The van der Waals surface area contributed by atoms with Crippen molar-refractivity contribution in [3.63, 3.8) is 0 Å². The molecule has 0 spiro atoms. The molecular weight excluding hydrogens is 378 g/mol. The van der Waals surface area contributed by atoms with Crippen molar-refractivity contribution in [1.29, 1.82) is 0 Å². The van der Waals surface area contributed by atoms with Crippen molar-refractivity contribution >= 4 is 0 Å². The number of nitrogens with one attached hydrogen (secondary N) is 1. The number of ether oxygens (including phenoxy) is 1. The Morgan fingerprint density at radius 3 is 2.10 bits per heavy atom. The first-order valence-electron chi connectivity index (χ1n) is 12.4. The van der Waals surface area contributed by atoms with Gasteiger partial charge in [0.15, 0.2) is 0 Å². The third-order valence-electron chi connectivity index (χ3n) is 4.18. The van der Waals surface area contributed by atoms with Crippen LogP contribution in [0.3, 0.4) is 0 Å². The van der Waals surface area contributed by atoms with Crippen LogP contribution in [0.25, 0.3) is 0 Å². The van der Waals surface area contributed by atoms with E-state index in [0.717, 1.165) is 25.2 Å². The van der Waals surface area contributed by atoms with E-state index in [1.165, 1.54) is 47.9 Å². The van der Waals surface area contributed by atoms with E-state index in [0.29, 0.717) is 5.92 Å². The van der Waals surface area contributed by atoms with Crippen LogP contribution in [0.2, 0.25) is 0 Å². The van der Waals surface area contributed by atoms with Gasteiger partial charge in [-0.25, -0.2) is 0 Å². The summed E-state index contributed by atoms with van der Waals surface area (Å²) in [6.07, 6.45) is 11.6. The molecule has 3 rings (SSSR count). The first-order valence-corrected chi connectivity index (χ1v) is 12.4. The van der Waals surface area contributed by atoms with Crippen LogP contribution in [-0.2, 0) is 6.42 Å². The highest BCUT2D eigenvalue weighted by Gasteiger charge is 2.21. The molecule has 0 fully saturated rings. The number of allylic oxidation sites excluding steroid dienone is 1. The fraction of sp³-hybridized carbons (Fsp3) is 0.586. The van der Waals surface area contributed by atoms with Gasteiger partial charge in [-0.2, -0.15) is 0 Å². The molecule has 1 aliphatic rings. The lowest BCUT2D eigenvalue weighted by molar-refractivity contribution is 0.266. The lowest BCUT2D eigenvalue weighted by Gasteiger charge is -2.26. The van der Waals surface area contributed by atoms with Crippen LogP contribution >= 0.6 is 0 Å². The minimum absolute atomic E-state index is 0.592. The maximum atomic E-state index is 5.72. The van der Waals surface area contributed by atoms with E-state index < -0.39 is 0 Å². The molecule has 178 valence electrons. The standard InChI is InChI=1S/C15H17NO.C5H12.C4H8.C3H8.C2H6/c1-11-2-3-15-14(8-11)13(5-7-17-15)9-12-4-6-16-10-12;1-3-5-4-2;1-4(2)3;1-3-2;1-2/h2-4,6,8,10,13,16H,5,7,9H2,1H3;3-5H2,1-2H3;1H2,2-3H3;3H2,1-2H3;1-2H3. The fourth-order valence-electron chi connectivity index (χ4n) is 2.92. The van der Waals surface area contributed by atoms with Gasteiger partial charge in [-0.05, 0) is 62.8 Å². The Balaban J connectivity index is 0. The van der Waals surface area contributed by atoms with Crippen LogP contribution in [0, 0.1) is 6.92 Å². The number of hydrogen-bond acceptors (Lipinski definition) is 1. The molecule has 1 N–H and O–H groups in total. The van der Waals surface area contributed by atoms with Crippen molar-refractivity contribution < 1.29 is 4.74 Å². The second kappa shape index (κ2) is 21.3. The summed E-state index contributed by atoms with van der Waals surface area (Å²) in [6.45, 7) is 23.2. The summed E-state index contributed by atoms with van der Waals surface area (Å²) in [5.41, 5.74) is 5.23. The summed E-state index contributed by atoms with van der Waals surface area (Å²) in [4.78, 5) is 3.12. The second-order valence-electron chi connectivity index (χ2n) is 8.07. The molecule has 0 saturated heterocycles. The molecule has 0 saturated carbocycles. The smallest absolute Gasteiger partial charge is 0.122 e. The molecule has 1 aromatic heterocycles. The van der Waals surface area contributed by atoms with E-state index in [9.17, 15) is 0 Å². The van der Waals surface area contributed by atoms with Crippen LogP contribution < -0.4 is 4.74 Å². The number of benzene rings is 1. The molecule has 1 unspecified atom stereocenters. The third kappa shape index (κ3) is 16.4. The molecular formula is C29H51NO.